The Morgan fingerprint density at radius 2 is 2.20 bits per heavy atom. The number of carbonyl (C=O) groups is 1. The van der Waals surface area contributed by atoms with Crippen LogP contribution in [0.5, 0.6) is 0 Å². The average molecular weight is 287 g/mol. The standard InChI is InChI=1S/C15H17N3OS/c1-4-9-5-10-7(2)14(19)17-13(10)11(6-9)12-8(3)20-15(16)18-12/h5-7H,4H2,1-3H3,(H2,16,18)(H,17,19). The molecule has 1 aliphatic heterocycles. The highest BCUT2D eigenvalue weighted by molar-refractivity contribution is 7.15. The van der Waals surface area contributed by atoms with Gasteiger partial charge in [-0.25, -0.2) is 4.98 Å². The highest BCUT2D eigenvalue weighted by atomic mass is 32.1. The van der Waals surface area contributed by atoms with E-state index in [-0.39, 0.29) is 11.8 Å². The van der Waals surface area contributed by atoms with Crippen molar-refractivity contribution in [1.82, 2.24) is 4.98 Å². The van der Waals surface area contributed by atoms with Crippen molar-refractivity contribution in [3.8, 4) is 11.3 Å². The van der Waals surface area contributed by atoms with Gasteiger partial charge < -0.3 is 11.1 Å². The quantitative estimate of drug-likeness (QED) is 0.890. The number of anilines is 2. The Kier molecular flexibility index (Phi) is 3.01. The summed E-state index contributed by atoms with van der Waals surface area (Å²) in [5, 5.41) is 3.55. The summed E-state index contributed by atoms with van der Waals surface area (Å²) in [5.41, 5.74) is 10.9. The second-order valence-corrected chi connectivity index (χ2v) is 6.36. The van der Waals surface area contributed by atoms with Crippen molar-refractivity contribution < 1.29 is 4.79 Å². The number of amides is 1. The van der Waals surface area contributed by atoms with Crippen LogP contribution in [-0.2, 0) is 11.2 Å². The first kappa shape index (κ1) is 13.1. The Labute approximate surface area is 122 Å². The lowest BCUT2D eigenvalue weighted by molar-refractivity contribution is -0.116. The molecule has 0 fully saturated rings. The highest BCUT2D eigenvalue weighted by Gasteiger charge is 2.30. The predicted molar refractivity (Wildman–Crippen MR) is 83.1 cm³/mol. The number of nitrogens with zero attached hydrogens (tertiary/aromatic N) is 1. The number of hydrogen-bond acceptors (Lipinski definition) is 4. The fourth-order valence-corrected chi connectivity index (χ4v) is 3.34. The number of hydrogen-bond donors (Lipinski definition) is 2. The van der Waals surface area contributed by atoms with Crippen LogP contribution in [0.4, 0.5) is 10.8 Å². The Balaban J connectivity index is 2.26. The number of benzene rings is 1. The Hall–Kier alpha value is -1.88. The minimum atomic E-state index is -0.105. The number of thiazole rings is 1. The highest BCUT2D eigenvalue weighted by Crippen LogP contribution is 2.42. The molecule has 0 bridgehead atoms. The third-order valence-electron chi connectivity index (χ3n) is 3.81. The molecule has 1 amide bonds. The third kappa shape index (κ3) is 1.89. The fraction of sp³-hybridized carbons (Fsp3) is 0.333. The van der Waals surface area contributed by atoms with Gasteiger partial charge in [0.05, 0.1) is 17.3 Å². The van der Waals surface area contributed by atoms with E-state index in [1.165, 1.54) is 16.9 Å². The van der Waals surface area contributed by atoms with Crippen molar-refractivity contribution in [3.05, 3.63) is 28.1 Å². The maximum absolute atomic E-state index is 12.0. The molecule has 0 radical (unpaired) electrons. The van der Waals surface area contributed by atoms with E-state index in [2.05, 4.69) is 29.4 Å². The van der Waals surface area contributed by atoms with Crippen LogP contribution < -0.4 is 11.1 Å². The van der Waals surface area contributed by atoms with Gasteiger partial charge in [-0.2, -0.15) is 0 Å². The molecule has 20 heavy (non-hydrogen) atoms. The molecule has 0 spiro atoms. The summed E-state index contributed by atoms with van der Waals surface area (Å²) in [6.07, 6.45) is 0.930. The van der Waals surface area contributed by atoms with Gasteiger partial charge in [-0.1, -0.05) is 13.0 Å². The van der Waals surface area contributed by atoms with E-state index in [9.17, 15) is 4.79 Å². The van der Waals surface area contributed by atoms with E-state index < -0.39 is 0 Å². The van der Waals surface area contributed by atoms with Crippen LogP contribution in [0.2, 0.25) is 0 Å². The molecule has 1 aliphatic rings. The summed E-state index contributed by atoms with van der Waals surface area (Å²) < 4.78 is 0. The summed E-state index contributed by atoms with van der Waals surface area (Å²) in [4.78, 5) is 17.5. The molecule has 1 aromatic carbocycles. The van der Waals surface area contributed by atoms with E-state index in [1.54, 1.807) is 0 Å². The maximum Gasteiger partial charge on any atom is 0.231 e. The predicted octanol–water partition coefficient (Wildman–Crippen LogP) is 3.32. The Morgan fingerprint density at radius 1 is 1.45 bits per heavy atom. The molecule has 1 aromatic heterocycles. The Morgan fingerprint density at radius 3 is 2.80 bits per heavy atom. The van der Waals surface area contributed by atoms with Crippen LogP contribution in [0.25, 0.3) is 11.3 Å². The van der Waals surface area contributed by atoms with Gasteiger partial charge in [0.2, 0.25) is 5.91 Å². The summed E-state index contributed by atoms with van der Waals surface area (Å²) in [7, 11) is 0. The smallest absolute Gasteiger partial charge is 0.231 e. The second kappa shape index (κ2) is 4.59. The number of aromatic nitrogens is 1. The SMILES string of the molecule is CCc1cc(-c2nc(N)sc2C)c2c(c1)C(C)C(=O)N2. The van der Waals surface area contributed by atoms with Gasteiger partial charge in [0, 0.05) is 10.4 Å². The molecule has 1 atom stereocenters. The van der Waals surface area contributed by atoms with Crippen LogP contribution in [0.3, 0.4) is 0 Å². The molecule has 3 rings (SSSR count). The van der Waals surface area contributed by atoms with Crippen LogP contribution in [0.1, 0.15) is 35.8 Å². The molecule has 0 saturated carbocycles. The normalized spacial score (nSPS) is 17.1. The van der Waals surface area contributed by atoms with Crippen molar-refractivity contribution in [1.29, 1.82) is 0 Å². The van der Waals surface area contributed by atoms with Gasteiger partial charge in [0.25, 0.3) is 0 Å². The number of nitrogens with two attached hydrogens (primary N) is 1. The zero-order chi connectivity index (χ0) is 14.4. The first-order chi connectivity index (χ1) is 9.51. The zero-order valence-electron chi connectivity index (χ0n) is 11.8. The molecule has 5 heteroatoms. The molecular formula is C15H17N3OS. The number of carbonyl (C=O) groups excluding carboxylic acids is 1. The monoisotopic (exact) mass is 287 g/mol. The molecule has 1 unspecified atom stereocenters. The van der Waals surface area contributed by atoms with Crippen molar-refractivity contribution >= 4 is 28.1 Å². The number of fused-ring (bicyclic) bond motifs is 1. The van der Waals surface area contributed by atoms with E-state index in [0.717, 1.165) is 33.8 Å². The van der Waals surface area contributed by atoms with Crippen molar-refractivity contribution in [2.45, 2.75) is 33.1 Å². The van der Waals surface area contributed by atoms with Gasteiger partial charge in [0.15, 0.2) is 5.13 Å². The van der Waals surface area contributed by atoms with E-state index >= 15 is 0 Å². The van der Waals surface area contributed by atoms with Gasteiger partial charge in [-0.15, -0.1) is 11.3 Å². The number of nitrogen functional groups attached to an aromatic ring is 1. The summed E-state index contributed by atoms with van der Waals surface area (Å²) >= 11 is 1.48. The molecule has 104 valence electrons. The van der Waals surface area contributed by atoms with Gasteiger partial charge >= 0.3 is 0 Å². The van der Waals surface area contributed by atoms with E-state index in [4.69, 9.17) is 5.73 Å². The average Bonchev–Trinajstić information content (AvgIpc) is 2.90. The molecular weight excluding hydrogens is 270 g/mol. The van der Waals surface area contributed by atoms with Crippen LogP contribution >= 0.6 is 11.3 Å². The van der Waals surface area contributed by atoms with Crippen LogP contribution in [-0.4, -0.2) is 10.9 Å². The van der Waals surface area contributed by atoms with E-state index in [0.29, 0.717) is 5.13 Å². The summed E-state index contributed by atoms with van der Waals surface area (Å²) in [6, 6.07) is 4.23. The lowest BCUT2D eigenvalue weighted by Crippen LogP contribution is -2.08. The molecule has 2 aromatic rings. The van der Waals surface area contributed by atoms with E-state index in [1.807, 2.05) is 13.8 Å². The maximum atomic E-state index is 12.0. The zero-order valence-corrected chi connectivity index (χ0v) is 12.6. The largest absolute Gasteiger partial charge is 0.375 e. The van der Waals surface area contributed by atoms with Gasteiger partial charge in [-0.3, -0.25) is 4.79 Å². The van der Waals surface area contributed by atoms with Gasteiger partial charge in [-0.05, 0) is 37.5 Å². The second-order valence-electron chi connectivity index (χ2n) is 5.13. The number of nitrogens with one attached hydrogen (secondary N) is 1. The first-order valence-corrected chi connectivity index (χ1v) is 7.53. The molecule has 2 heterocycles. The number of rotatable bonds is 2. The molecule has 0 saturated heterocycles. The van der Waals surface area contributed by atoms with Gasteiger partial charge in [0.1, 0.15) is 0 Å². The summed E-state index contributed by atoms with van der Waals surface area (Å²) in [5.74, 6) is -0.0538. The Bertz CT molecular complexity index is 705. The molecule has 4 nitrogen and oxygen atoms in total. The molecule has 0 aliphatic carbocycles. The lowest BCUT2D eigenvalue weighted by atomic mass is 9.95. The first-order valence-electron chi connectivity index (χ1n) is 6.72. The van der Waals surface area contributed by atoms with Crippen LogP contribution in [0, 0.1) is 6.92 Å². The summed E-state index contributed by atoms with van der Waals surface area (Å²) in [6.45, 7) is 6.06. The van der Waals surface area contributed by atoms with Crippen molar-refractivity contribution in [2.24, 2.45) is 0 Å². The lowest BCUT2D eigenvalue weighted by Gasteiger charge is -2.10. The topological polar surface area (TPSA) is 68.0 Å². The number of aryl methyl sites for hydroxylation is 2. The van der Waals surface area contributed by atoms with Crippen LogP contribution in [0.15, 0.2) is 12.1 Å². The fourth-order valence-electron chi connectivity index (χ4n) is 2.64. The van der Waals surface area contributed by atoms with Crippen molar-refractivity contribution in [2.75, 3.05) is 11.1 Å². The minimum absolute atomic E-state index is 0.0513. The minimum Gasteiger partial charge on any atom is -0.375 e. The molecule has 3 N–H and O–H groups in total. The van der Waals surface area contributed by atoms with Crippen molar-refractivity contribution in [3.63, 3.8) is 0 Å². The third-order valence-corrected chi connectivity index (χ3v) is 4.61.